The number of amidine groups is 1. The summed E-state index contributed by atoms with van der Waals surface area (Å²) in [6.45, 7) is 2.00. The van der Waals surface area contributed by atoms with Crippen LogP contribution in [0.15, 0.2) is 64.7 Å². The van der Waals surface area contributed by atoms with E-state index in [0.717, 1.165) is 16.7 Å². The molecule has 1 aliphatic rings. The molecule has 0 aliphatic carbocycles. The molecule has 3 N–H and O–H groups in total. The number of carbonyl (C=O) groups is 2. The van der Waals surface area contributed by atoms with Crippen LogP contribution in [0, 0.1) is 6.92 Å². The van der Waals surface area contributed by atoms with Gasteiger partial charge in [0.25, 0.3) is 5.91 Å². The molecule has 1 aliphatic heterocycles. The summed E-state index contributed by atoms with van der Waals surface area (Å²) in [5.41, 5.74) is 10.9. The van der Waals surface area contributed by atoms with E-state index >= 15 is 0 Å². The number of benzene rings is 2. The largest absolute Gasteiger partial charge is 0.285 e. The zero-order chi connectivity index (χ0) is 19.1. The molecule has 0 aromatic heterocycles. The summed E-state index contributed by atoms with van der Waals surface area (Å²) >= 11 is 0. The third kappa shape index (κ3) is 5.50. The fourth-order valence-electron chi connectivity index (χ4n) is 2.57. The van der Waals surface area contributed by atoms with Gasteiger partial charge in [-0.2, -0.15) is 5.10 Å². The molecule has 0 unspecified atom stereocenters. The maximum absolute atomic E-state index is 12.1. The minimum Gasteiger partial charge on any atom is -0.285 e. The molecule has 7 heteroatoms. The van der Waals surface area contributed by atoms with Gasteiger partial charge in [0.05, 0.1) is 12.6 Å². The van der Waals surface area contributed by atoms with Crippen molar-refractivity contribution >= 4 is 23.9 Å². The van der Waals surface area contributed by atoms with Crippen LogP contribution in [0.25, 0.3) is 0 Å². The van der Waals surface area contributed by atoms with Gasteiger partial charge in [-0.05, 0) is 18.1 Å². The van der Waals surface area contributed by atoms with Crippen LogP contribution < -0.4 is 16.3 Å². The van der Waals surface area contributed by atoms with Crippen LogP contribution in [-0.2, 0) is 16.0 Å². The summed E-state index contributed by atoms with van der Waals surface area (Å²) in [6, 6.07) is 16.7. The van der Waals surface area contributed by atoms with Gasteiger partial charge < -0.3 is 0 Å². The molecule has 0 radical (unpaired) electrons. The molecule has 2 aromatic rings. The minimum absolute atomic E-state index is 0.0724. The lowest BCUT2D eigenvalue weighted by molar-refractivity contribution is -0.128. The lowest BCUT2D eigenvalue weighted by atomic mass is 10.1. The first-order valence-corrected chi connectivity index (χ1v) is 8.65. The summed E-state index contributed by atoms with van der Waals surface area (Å²) in [4.78, 5) is 28.4. The second kappa shape index (κ2) is 8.75. The highest BCUT2D eigenvalue weighted by Crippen LogP contribution is 2.07. The Hall–Kier alpha value is -3.48. The van der Waals surface area contributed by atoms with Crippen molar-refractivity contribution in [1.29, 1.82) is 0 Å². The topological polar surface area (TPSA) is 94.9 Å². The molecule has 0 spiro atoms. The van der Waals surface area contributed by atoms with Crippen LogP contribution in [-0.4, -0.2) is 29.9 Å². The predicted molar refractivity (Wildman–Crippen MR) is 104 cm³/mol. The first kappa shape index (κ1) is 18.3. The summed E-state index contributed by atoms with van der Waals surface area (Å²) in [5.74, 6) is -0.102. The van der Waals surface area contributed by atoms with Gasteiger partial charge in [-0.3, -0.25) is 25.4 Å². The van der Waals surface area contributed by atoms with Crippen molar-refractivity contribution in [2.45, 2.75) is 25.8 Å². The van der Waals surface area contributed by atoms with E-state index in [2.05, 4.69) is 26.4 Å². The first-order valence-electron chi connectivity index (χ1n) is 8.65. The summed E-state index contributed by atoms with van der Waals surface area (Å²) in [7, 11) is 0. The number of hydrogen-bond donors (Lipinski definition) is 3. The molecule has 0 saturated carbocycles. The number of hydrazone groups is 1. The highest BCUT2D eigenvalue weighted by atomic mass is 16.2. The van der Waals surface area contributed by atoms with Crippen LogP contribution in [0.3, 0.4) is 0 Å². The second-order valence-corrected chi connectivity index (χ2v) is 6.28. The number of hydrogen-bond acceptors (Lipinski definition) is 5. The zero-order valence-corrected chi connectivity index (χ0v) is 15.0. The van der Waals surface area contributed by atoms with Crippen molar-refractivity contribution < 1.29 is 9.59 Å². The van der Waals surface area contributed by atoms with E-state index in [4.69, 9.17) is 0 Å². The van der Waals surface area contributed by atoms with Crippen molar-refractivity contribution in [2.75, 3.05) is 0 Å². The molecule has 2 amide bonds. The molecule has 3 rings (SSSR count). The molecular weight excluding hydrogens is 342 g/mol. The fraction of sp³-hybridized carbons (Fsp3) is 0.200. The molecular formula is C20H21N5O2. The highest BCUT2D eigenvalue weighted by Gasteiger charge is 2.25. The summed E-state index contributed by atoms with van der Waals surface area (Å²) < 4.78 is 0. The van der Waals surface area contributed by atoms with E-state index in [9.17, 15) is 9.59 Å². The van der Waals surface area contributed by atoms with Crippen LogP contribution in [0.5, 0.6) is 0 Å². The van der Waals surface area contributed by atoms with Gasteiger partial charge in [0.1, 0.15) is 11.9 Å². The van der Waals surface area contributed by atoms with Crippen molar-refractivity contribution in [2.24, 2.45) is 10.1 Å². The van der Waals surface area contributed by atoms with Crippen molar-refractivity contribution in [3.8, 4) is 0 Å². The van der Waals surface area contributed by atoms with Crippen molar-refractivity contribution in [1.82, 2.24) is 16.3 Å². The molecule has 1 atom stereocenters. The highest BCUT2D eigenvalue weighted by molar-refractivity contribution is 5.96. The average molecular weight is 363 g/mol. The van der Waals surface area contributed by atoms with Gasteiger partial charge in [0.2, 0.25) is 5.91 Å². The van der Waals surface area contributed by atoms with Gasteiger partial charge in [-0.25, -0.2) is 5.43 Å². The quantitative estimate of drug-likeness (QED) is 0.536. The minimum atomic E-state index is -0.778. The number of rotatable bonds is 6. The standard InChI is InChI=1S/C20H21N5O2/c1-14-7-9-16(10-8-14)13-21-24-19(26)12-17-20(27)25-23-18(22-17)11-15-5-3-2-4-6-15/h2-10,13,17H,11-12H2,1H3,(H,22,23)(H,24,26)(H,25,27)/b21-13-/t17-/m0/s1. The van der Waals surface area contributed by atoms with Crippen molar-refractivity contribution in [3.05, 3.63) is 71.3 Å². The third-order valence-electron chi connectivity index (χ3n) is 4.02. The van der Waals surface area contributed by atoms with Gasteiger partial charge in [-0.1, -0.05) is 60.2 Å². The Labute approximate surface area is 157 Å². The number of nitrogens with one attached hydrogen (secondary N) is 3. The van der Waals surface area contributed by atoms with E-state index < -0.39 is 6.04 Å². The molecule has 0 fully saturated rings. The lowest BCUT2D eigenvalue weighted by Crippen LogP contribution is -2.52. The molecule has 27 heavy (non-hydrogen) atoms. The van der Waals surface area contributed by atoms with Gasteiger partial charge in [0, 0.05) is 6.42 Å². The maximum Gasteiger partial charge on any atom is 0.263 e. The van der Waals surface area contributed by atoms with Crippen LogP contribution in [0.2, 0.25) is 0 Å². The van der Waals surface area contributed by atoms with E-state index in [0.29, 0.717) is 12.3 Å². The fourth-order valence-corrected chi connectivity index (χ4v) is 2.57. The summed E-state index contributed by atoms with van der Waals surface area (Å²) in [5, 5.41) is 3.93. The van der Waals surface area contributed by atoms with E-state index in [1.807, 2.05) is 61.5 Å². The van der Waals surface area contributed by atoms with Gasteiger partial charge in [-0.15, -0.1) is 0 Å². The Morgan fingerprint density at radius 2 is 1.89 bits per heavy atom. The third-order valence-corrected chi connectivity index (χ3v) is 4.02. The molecule has 7 nitrogen and oxygen atoms in total. The number of amides is 2. The van der Waals surface area contributed by atoms with E-state index in [1.165, 1.54) is 0 Å². The molecule has 1 heterocycles. The molecule has 138 valence electrons. The van der Waals surface area contributed by atoms with Crippen LogP contribution in [0.4, 0.5) is 0 Å². The SMILES string of the molecule is Cc1ccc(/C=N\NC(=O)C[C@@H]2N=C(Cc3ccccc3)NNC2=O)cc1. The van der Waals surface area contributed by atoms with Crippen LogP contribution in [0.1, 0.15) is 23.1 Å². The predicted octanol–water partition coefficient (Wildman–Crippen LogP) is 1.48. The number of nitrogens with zero attached hydrogens (tertiary/aromatic N) is 2. The number of aryl methyl sites for hydroxylation is 1. The van der Waals surface area contributed by atoms with Gasteiger partial charge >= 0.3 is 0 Å². The van der Waals surface area contributed by atoms with E-state index in [-0.39, 0.29) is 18.2 Å². The Bertz CT molecular complexity index is 860. The summed E-state index contributed by atoms with van der Waals surface area (Å²) in [6.07, 6.45) is 2.03. The lowest BCUT2D eigenvalue weighted by Gasteiger charge is -2.21. The smallest absolute Gasteiger partial charge is 0.263 e. The second-order valence-electron chi connectivity index (χ2n) is 6.28. The molecule has 0 bridgehead atoms. The Morgan fingerprint density at radius 1 is 1.15 bits per heavy atom. The maximum atomic E-state index is 12.1. The van der Waals surface area contributed by atoms with Crippen molar-refractivity contribution in [3.63, 3.8) is 0 Å². The average Bonchev–Trinajstić information content (AvgIpc) is 2.67. The molecule has 0 saturated heterocycles. The Balaban J connectivity index is 1.56. The molecule has 2 aromatic carbocycles. The normalized spacial score (nSPS) is 16.4. The Morgan fingerprint density at radius 3 is 2.63 bits per heavy atom. The van der Waals surface area contributed by atoms with E-state index in [1.54, 1.807) is 6.21 Å². The number of hydrazine groups is 1. The van der Waals surface area contributed by atoms with Gasteiger partial charge in [0.15, 0.2) is 0 Å². The van der Waals surface area contributed by atoms with Crippen LogP contribution >= 0.6 is 0 Å². The number of carbonyl (C=O) groups excluding carboxylic acids is 2. The first-order chi connectivity index (χ1) is 13.1. The monoisotopic (exact) mass is 363 g/mol. The number of aliphatic imine (C=N–C) groups is 1. The zero-order valence-electron chi connectivity index (χ0n) is 15.0. The Kier molecular flexibility index (Phi) is 5.94.